The van der Waals surface area contributed by atoms with Crippen LogP contribution in [0, 0.1) is 0 Å². The Morgan fingerprint density at radius 2 is 2.05 bits per heavy atom. The molecule has 0 unspecified atom stereocenters. The quantitative estimate of drug-likeness (QED) is 0.761. The Labute approximate surface area is 128 Å². The summed E-state index contributed by atoms with van der Waals surface area (Å²) in [5, 5.41) is 5.65. The van der Waals surface area contributed by atoms with Gasteiger partial charge in [0.05, 0.1) is 5.57 Å². The molecule has 0 radical (unpaired) electrons. The van der Waals surface area contributed by atoms with Gasteiger partial charge in [-0.25, -0.2) is 0 Å². The molecule has 0 saturated carbocycles. The second-order valence-corrected chi connectivity index (χ2v) is 5.33. The van der Waals surface area contributed by atoms with E-state index in [0.717, 1.165) is 28.1 Å². The molecule has 0 saturated heterocycles. The minimum absolute atomic E-state index is 0.0759. The van der Waals surface area contributed by atoms with E-state index in [0.29, 0.717) is 12.1 Å². The van der Waals surface area contributed by atoms with Gasteiger partial charge >= 0.3 is 0 Å². The van der Waals surface area contributed by atoms with Crippen molar-refractivity contribution in [1.29, 1.82) is 0 Å². The maximum atomic E-state index is 12.3. The van der Waals surface area contributed by atoms with Crippen LogP contribution in [-0.4, -0.2) is 16.8 Å². The summed E-state index contributed by atoms with van der Waals surface area (Å²) in [6, 6.07) is 9.57. The first-order chi connectivity index (χ1) is 10.6. The van der Waals surface area contributed by atoms with Crippen molar-refractivity contribution in [3.63, 3.8) is 0 Å². The van der Waals surface area contributed by atoms with Gasteiger partial charge in [-0.2, -0.15) is 0 Å². The Bertz CT molecular complexity index is 773. The van der Waals surface area contributed by atoms with E-state index in [1.54, 1.807) is 0 Å². The SMILES string of the molecule is CC(=O)NCc1ccc2c(c1)C(=C(C)c1ccc[nH]1)C(=O)N2. The highest BCUT2D eigenvalue weighted by Crippen LogP contribution is 2.37. The molecular formula is C17H17N3O2. The van der Waals surface area contributed by atoms with Crippen LogP contribution in [0.2, 0.25) is 0 Å². The number of carbonyl (C=O) groups is 2. The molecule has 112 valence electrons. The van der Waals surface area contributed by atoms with Gasteiger partial charge < -0.3 is 15.6 Å². The molecule has 2 amide bonds. The van der Waals surface area contributed by atoms with Crippen molar-refractivity contribution < 1.29 is 9.59 Å². The monoisotopic (exact) mass is 295 g/mol. The number of anilines is 1. The minimum atomic E-state index is -0.0984. The molecule has 3 rings (SSSR count). The molecule has 1 aromatic heterocycles. The lowest BCUT2D eigenvalue weighted by Gasteiger charge is -2.07. The van der Waals surface area contributed by atoms with Crippen LogP contribution in [0.1, 0.15) is 30.7 Å². The lowest BCUT2D eigenvalue weighted by Crippen LogP contribution is -2.18. The van der Waals surface area contributed by atoms with Crippen molar-refractivity contribution in [1.82, 2.24) is 10.3 Å². The van der Waals surface area contributed by atoms with E-state index < -0.39 is 0 Å². The van der Waals surface area contributed by atoms with Gasteiger partial charge in [-0.1, -0.05) is 6.07 Å². The highest BCUT2D eigenvalue weighted by atomic mass is 16.2. The number of amides is 2. The van der Waals surface area contributed by atoms with Crippen LogP contribution in [0.25, 0.3) is 11.1 Å². The average molecular weight is 295 g/mol. The zero-order valence-corrected chi connectivity index (χ0v) is 12.5. The number of aromatic nitrogens is 1. The molecule has 0 atom stereocenters. The van der Waals surface area contributed by atoms with E-state index in [9.17, 15) is 9.59 Å². The van der Waals surface area contributed by atoms with Crippen LogP contribution < -0.4 is 10.6 Å². The molecule has 1 aliphatic rings. The van der Waals surface area contributed by atoms with Crippen LogP contribution in [0.4, 0.5) is 5.69 Å². The normalized spacial score (nSPS) is 15.3. The van der Waals surface area contributed by atoms with E-state index >= 15 is 0 Å². The molecule has 1 aliphatic heterocycles. The molecule has 5 heteroatoms. The van der Waals surface area contributed by atoms with Crippen molar-refractivity contribution in [3.05, 3.63) is 53.3 Å². The zero-order valence-electron chi connectivity index (χ0n) is 12.5. The number of H-pyrrole nitrogens is 1. The number of hydrogen-bond acceptors (Lipinski definition) is 2. The van der Waals surface area contributed by atoms with E-state index in [2.05, 4.69) is 15.6 Å². The van der Waals surface area contributed by atoms with Gasteiger partial charge in [0.25, 0.3) is 5.91 Å². The molecule has 22 heavy (non-hydrogen) atoms. The molecule has 0 bridgehead atoms. The Kier molecular flexibility index (Phi) is 3.55. The summed E-state index contributed by atoms with van der Waals surface area (Å²) >= 11 is 0. The smallest absolute Gasteiger partial charge is 0.256 e. The number of allylic oxidation sites excluding steroid dienone is 1. The summed E-state index contributed by atoms with van der Waals surface area (Å²) in [5.41, 5.74) is 5.13. The standard InChI is InChI=1S/C17H17N3O2/c1-10(14-4-3-7-18-14)16-13-8-12(9-19-11(2)21)5-6-15(13)20-17(16)22/h3-8,18H,9H2,1-2H3,(H,19,21)(H,20,22). The minimum Gasteiger partial charge on any atom is -0.361 e. The van der Waals surface area contributed by atoms with Crippen molar-refractivity contribution in [2.24, 2.45) is 0 Å². The largest absolute Gasteiger partial charge is 0.361 e. The number of hydrogen-bond donors (Lipinski definition) is 3. The number of fused-ring (bicyclic) bond motifs is 1. The lowest BCUT2D eigenvalue weighted by molar-refractivity contribution is -0.119. The number of rotatable bonds is 3. The first kappa shape index (κ1) is 14.1. The van der Waals surface area contributed by atoms with Gasteiger partial charge in [-0.15, -0.1) is 0 Å². The predicted molar refractivity (Wildman–Crippen MR) is 85.9 cm³/mol. The Morgan fingerprint density at radius 3 is 2.73 bits per heavy atom. The highest BCUT2D eigenvalue weighted by molar-refractivity contribution is 6.36. The van der Waals surface area contributed by atoms with Crippen molar-refractivity contribution in [2.75, 3.05) is 5.32 Å². The molecule has 2 aromatic rings. The number of benzene rings is 1. The topological polar surface area (TPSA) is 74.0 Å². The van der Waals surface area contributed by atoms with Crippen molar-refractivity contribution >= 4 is 28.6 Å². The van der Waals surface area contributed by atoms with Crippen LogP contribution >= 0.6 is 0 Å². The van der Waals surface area contributed by atoms with E-state index in [-0.39, 0.29) is 11.8 Å². The summed E-state index contributed by atoms with van der Waals surface area (Å²) in [7, 11) is 0. The third-order valence-corrected chi connectivity index (χ3v) is 3.75. The Hall–Kier alpha value is -2.82. The number of carbonyl (C=O) groups excluding carboxylic acids is 2. The summed E-state index contributed by atoms with van der Waals surface area (Å²) in [6.07, 6.45) is 1.83. The van der Waals surface area contributed by atoms with Crippen LogP contribution in [0.3, 0.4) is 0 Å². The summed E-state index contributed by atoms with van der Waals surface area (Å²) < 4.78 is 0. The van der Waals surface area contributed by atoms with Crippen LogP contribution in [0.15, 0.2) is 36.5 Å². The van der Waals surface area contributed by atoms with Crippen molar-refractivity contribution in [2.45, 2.75) is 20.4 Å². The zero-order chi connectivity index (χ0) is 15.7. The van der Waals surface area contributed by atoms with Crippen LogP contribution in [-0.2, 0) is 16.1 Å². The second-order valence-electron chi connectivity index (χ2n) is 5.33. The fourth-order valence-corrected chi connectivity index (χ4v) is 2.62. The second kappa shape index (κ2) is 5.52. The predicted octanol–water partition coefficient (Wildman–Crippen LogP) is 2.53. The molecule has 0 aliphatic carbocycles. The summed E-state index contributed by atoms with van der Waals surface area (Å²) in [4.78, 5) is 26.5. The molecule has 0 fully saturated rings. The molecule has 0 spiro atoms. The highest BCUT2D eigenvalue weighted by Gasteiger charge is 2.26. The average Bonchev–Trinajstić information content (AvgIpc) is 3.11. The van der Waals surface area contributed by atoms with Crippen molar-refractivity contribution in [3.8, 4) is 0 Å². The number of nitrogens with one attached hydrogen (secondary N) is 3. The lowest BCUT2D eigenvalue weighted by atomic mass is 9.98. The third-order valence-electron chi connectivity index (χ3n) is 3.75. The maximum Gasteiger partial charge on any atom is 0.256 e. The molecule has 5 nitrogen and oxygen atoms in total. The van der Waals surface area contributed by atoms with Gasteiger partial charge in [0.2, 0.25) is 5.91 Å². The summed E-state index contributed by atoms with van der Waals surface area (Å²) in [6.45, 7) is 3.86. The summed E-state index contributed by atoms with van der Waals surface area (Å²) in [5.74, 6) is -0.174. The Balaban J connectivity index is 2.02. The first-order valence-corrected chi connectivity index (χ1v) is 7.10. The first-order valence-electron chi connectivity index (χ1n) is 7.10. The molecular weight excluding hydrogens is 278 g/mol. The van der Waals surface area contributed by atoms with E-state index in [1.807, 2.05) is 43.5 Å². The van der Waals surface area contributed by atoms with Gasteiger partial charge in [0, 0.05) is 36.6 Å². The molecule has 2 heterocycles. The van der Waals surface area contributed by atoms with E-state index in [1.165, 1.54) is 6.92 Å². The van der Waals surface area contributed by atoms with Gasteiger partial charge in [-0.05, 0) is 42.3 Å². The van der Waals surface area contributed by atoms with Gasteiger partial charge in [-0.3, -0.25) is 9.59 Å². The fourth-order valence-electron chi connectivity index (χ4n) is 2.62. The van der Waals surface area contributed by atoms with Crippen LogP contribution in [0.5, 0.6) is 0 Å². The van der Waals surface area contributed by atoms with Gasteiger partial charge in [0.15, 0.2) is 0 Å². The maximum absolute atomic E-state index is 12.3. The van der Waals surface area contributed by atoms with Gasteiger partial charge in [0.1, 0.15) is 0 Å². The Morgan fingerprint density at radius 1 is 1.23 bits per heavy atom. The number of aromatic amines is 1. The third kappa shape index (κ3) is 2.53. The van der Waals surface area contributed by atoms with E-state index in [4.69, 9.17) is 0 Å². The molecule has 3 N–H and O–H groups in total. The molecule has 1 aromatic carbocycles. The fraction of sp³-hybridized carbons (Fsp3) is 0.176.